The van der Waals surface area contributed by atoms with Gasteiger partial charge in [-0.05, 0) is 13.8 Å². The van der Waals surface area contributed by atoms with Crippen molar-refractivity contribution in [1.29, 1.82) is 0 Å². The van der Waals surface area contributed by atoms with Crippen molar-refractivity contribution in [1.82, 2.24) is 10.6 Å². The minimum absolute atomic E-state index is 0.170. The van der Waals surface area contributed by atoms with Crippen LogP contribution in [0.1, 0.15) is 13.8 Å². The third-order valence-corrected chi connectivity index (χ3v) is 2.26. The highest BCUT2D eigenvalue weighted by Crippen LogP contribution is 2.07. The molecule has 0 bridgehead atoms. The highest BCUT2D eigenvalue weighted by atomic mass is 16.3. The summed E-state index contributed by atoms with van der Waals surface area (Å²) in [5.41, 5.74) is 0.340. The highest BCUT2D eigenvalue weighted by molar-refractivity contribution is 6.19. The topological polar surface area (TPSA) is 98.7 Å². The second-order valence-corrected chi connectivity index (χ2v) is 4.30. The molecular weight excluding hydrogens is 236 g/mol. The Balaban J connectivity index is 2.62. The fraction of sp³-hybridized carbons (Fsp3) is 0.500. The van der Waals surface area contributed by atoms with Crippen molar-refractivity contribution in [3.05, 3.63) is 23.5 Å². The van der Waals surface area contributed by atoms with Gasteiger partial charge in [-0.15, -0.1) is 0 Å². The summed E-state index contributed by atoms with van der Waals surface area (Å²) in [4.78, 5) is 23.3. The standard InChI is InChI=1S/C12H18N2O4/c1-7(15)5-13-9-3-12(18)10(4-11(9)17)14-6-8(2)16/h3-4,7-8,13-16H,5-6H2,1-2H3. The third-order valence-electron chi connectivity index (χ3n) is 2.26. The Bertz CT molecular complexity index is 359. The first-order valence-corrected chi connectivity index (χ1v) is 5.76. The highest BCUT2D eigenvalue weighted by Gasteiger charge is 2.20. The van der Waals surface area contributed by atoms with Crippen molar-refractivity contribution < 1.29 is 19.8 Å². The zero-order valence-corrected chi connectivity index (χ0v) is 10.4. The van der Waals surface area contributed by atoms with Crippen LogP contribution in [0.4, 0.5) is 0 Å². The number of aliphatic hydroxyl groups is 2. The van der Waals surface area contributed by atoms with E-state index in [9.17, 15) is 9.59 Å². The van der Waals surface area contributed by atoms with E-state index in [1.165, 1.54) is 12.2 Å². The number of allylic oxidation sites excluding steroid dienone is 2. The van der Waals surface area contributed by atoms with E-state index < -0.39 is 12.2 Å². The molecule has 0 heterocycles. The van der Waals surface area contributed by atoms with Crippen LogP contribution in [0, 0.1) is 0 Å². The Kier molecular flexibility index (Phi) is 5.06. The van der Waals surface area contributed by atoms with Crippen LogP contribution < -0.4 is 10.6 Å². The maximum absolute atomic E-state index is 11.7. The van der Waals surface area contributed by atoms with Gasteiger partial charge in [-0.25, -0.2) is 0 Å². The molecule has 0 saturated heterocycles. The van der Waals surface area contributed by atoms with Crippen LogP contribution in [0.15, 0.2) is 23.5 Å². The number of ketones is 2. The summed E-state index contributed by atoms with van der Waals surface area (Å²) in [5, 5.41) is 23.6. The van der Waals surface area contributed by atoms with Crippen LogP contribution in [0.2, 0.25) is 0 Å². The number of carbonyl (C=O) groups excluding carboxylic acids is 2. The number of rotatable bonds is 6. The van der Waals surface area contributed by atoms with Crippen molar-refractivity contribution in [2.75, 3.05) is 13.1 Å². The second-order valence-electron chi connectivity index (χ2n) is 4.30. The molecule has 0 aromatic heterocycles. The summed E-state index contributed by atoms with van der Waals surface area (Å²) in [6.45, 7) is 3.56. The molecule has 0 aromatic rings. The smallest absolute Gasteiger partial charge is 0.203 e. The lowest BCUT2D eigenvalue weighted by Gasteiger charge is -2.16. The molecule has 0 amide bonds. The minimum Gasteiger partial charge on any atom is -0.392 e. The molecule has 0 fully saturated rings. The Morgan fingerprint density at radius 2 is 1.28 bits per heavy atom. The SMILES string of the molecule is CC(O)CNC1=CC(=O)C(NCC(C)O)=CC1=O. The van der Waals surface area contributed by atoms with Gasteiger partial charge in [0.05, 0.1) is 23.6 Å². The summed E-state index contributed by atoms with van der Waals surface area (Å²) in [6.07, 6.45) is 1.17. The van der Waals surface area contributed by atoms with Crippen LogP contribution >= 0.6 is 0 Å². The normalized spacial score (nSPS) is 18.9. The zero-order valence-electron chi connectivity index (χ0n) is 10.4. The van der Waals surface area contributed by atoms with Crippen LogP contribution in [-0.2, 0) is 9.59 Å². The molecule has 6 nitrogen and oxygen atoms in total. The summed E-state index contributed by atoms with van der Waals surface area (Å²) in [6, 6.07) is 0. The average Bonchev–Trinajstić information content (AvgIpc) is 2.27. The van der Waals surface area contributed by atoms with E-state index >= 15 is 0 Å². The van der Waals surface area contributed by atoms with Crippen molar-refractivity contribution in [2.24, 2.45) is 0 Å². The number of aliphatic hydroxyl groups excluding tert-OH is 2. The first-order valence-electron chi connectivity index (χ1n) is 5.76. The quantitative estimate of drug-likeness (QED) is 0.447. The number of nitrogens with one attached hydrogen (secondary N) is 2. The predicted octanol–water partition coefficient (Wildman–Crippen LogP) is -1.15. The molecular formula is C12H18N2O4. The molecule has 18 heavy (non-hydrogen) atoms. The molecule has 2 atom stereocenters. The van der Waals surface area contributed by atoms with E-state index in [1.54, 1.807) is 13.8 Å². The largest absolute Gasteiger partial charge is 0.392 e. The lowest BCUT2D eigenvalue weighted by Crippen LogP contribution is -2.34. The Labute approximate surface area is 105 Å². The van der Waals surface area contributed by atoms with Crippen LogP contribution in [-0.4, -0.2) is 47.1 Å². The van der Waals surface area contributed by atoms with E-state index in [4.69, 9.17) is 10.2 Å². The molecule has 0 aliphatic heterocycles. The van der Waals surface area contributed by atoms with Gasteiger partial charge >= 0.3 is 0 Å². The third kappa shape index (κ3) is 4.31. The van der Waals surface area contributed by atoms with Gasteiger partial charge in [0.1, 0.15) is 0 Å². The van der Waals surface area contributed by atoms with E-state index in [0.29, 0.717) is 0 Å². The molecule has 4 N–H and O–H groups in total. The minimum atomic E-state index is -0.604. The maximum Gasteiger partial charge on any atom is 0.203 e. The van der Waals surface area contributed by atoms with Gasteiger partial charge in [-0.1, -0.05) is 0 Å². The van der Waals surface area contributed by atoms with Crippen molar-refractivity contribution in [2.45, 2.75) is 26.1 Å². The van der Waals surface area contributed by atoms with Gasteiger partial charge in [0.2, 0.25) is 11.6 Å². The van der Waals surface area contributed by atoms with Gasteiger partial charge < -0.3 is 20.8 Å². The van der Waals surface area contributed by atoms with Crippen molar-refractivity contribution in [3.63, 3.8) is 0 Å². The lowest BCUT2D eigenvalue weighted by atomic mass is 10.1. The molecule has 2 unspecified atom stereocenters. The molecule has 1 aliphatic carbocycles. The lowest BCUT2D eigenvalue weighted by molar-refractivity contribution is -0.115. The monoisotopic (exact) mass is 254 g/mol. The van der Waals surface area contributed by atoms with E-state index in [-0.39, 0.29) is 36.1 Å². The molecule has 1 aliphatic rings. The maximum atomic E-state index is 11.7. The van der Waals surface area contributed by atoms with E-state index in [2.05, 4.69) is 10.6 Å². The van der Waals surface area contributed by atoms with Gasteiger partial charge in [0.15, 0.2) is 0 Å². The van der Waals surface area contributed by atoms with Gasteiger partial charge in [0.25, 0.3) is 0 Å². The molecule has 0 aromatic carbocycles. The number of hydrogen-bond donors (Lipinski definition) is 4. The van der Waals surface area contributed by atoms with E-state index in [0.717, 1.165) is 0 Å². The predicted molar refractivity (Wildman–Crippen MR) is 65.5 cm³/mol. The fourth-order valence-electron chi connectivity index (χ4n) is 1.35. The summed E-state index contributed by atoms with van der Waals surface area (Å²) >= 11 is 0. The van der Waals surface area contributed by atoms with Crippen molar-refractivity contribution in [3.8, 4) is 0 Å². The first-order chi connectivity index (χ1) is 8.40. The Morgan fingerprint density at radius 1 is 0.944 bits per heavy atom. The van der Waals surface area contributed by atoms with E-state index in [1.807, 2.05) is 0 Å². The Morgan fingerprint density at radius 3 is 1.56 bits per heavy atom. The molecule has 100 valence electrons. The van der Waals surface area contributed by atoms with Crippen LogP contribution in [0.5, 0.6) is 0 Å². The van der Waals surface area contributed by atoms with Crippen LogP contribution in [0.25, 0.3) is 0 Å². The molecule has 0 spiro atoms. The zero-order chi connectivity index (χ0) is 13.7. The number of carbonyl (C=O) groups is 2. The fourth-order valence-corrected chi connectivity index (χ4v) is 1.35. The molecule has 6 heteroatoms. The second kappa shape index (κ2) is 6.32. The summed E-state index contributed by atoms with van der Waals surface area (Å²) < 4.78 is 0. The molecule has 0 radical (unpaired) electrons. The molecule has 1 rings (SSSR count). The first kappa shape index (κ1) is 14.4. The average molecular weight is 254 g/mol. The summed E-state index contributed by atoms with van der Waals surface area (Å²) in [7, 11) is 0. The molecule has 0 saturated carbocycles. The number of hydrogen-bond acceptors (Lipinski definition) is 6. The Hall–Kier alpha value is -1.66. The van der Waals surface area contributed by atoms with Gasteiger partial charge in [-0.2, -0.15) is 0 Å². The van der Waals surface area contributed by atoms with Gasteiger partial charge in [0, 0.05) is 25.2 Å². The van der Waals surface area contributed by atoms with Gasteiger partial charge in [-0.3, -0.25) is 9.59 Å². The van der Waals surface area contributed by atoms with Crippen LogP contribution in [0.3, 0.4) is 0 Å². The van der Waals surface area contributed by atoms with Crippen molar-refractivity contribution >= 4 is 11.6 Å². The summed E-state index contributed by atoms with van der Waals surface area (Å²) in [5.74, 6) is -0.660.